The number of anilines is 1. The van der Waals surface area contributed by atoms with Crippen LogP contribution in [0.25, 0.3) is 0 Å². The number of aromatic nitrogens is 2. The lowest BCUT2D eigenvalue weighted by molar-refractivity contribution is 0.0673. The fourth-order valence-corrected chi connectivity index (χ4v) is 3.54. The van der Waals surface area contributed by atoms with Gasteiger partial charge in [-0.15, -0.1) is 6.42 Å². The molecular formula is C21H23F2N3O3. The Bertz CT molecular complexity index is 1020. The number of H-pyrrole nitrogens is 1. The van der Waals surface area contributed by atoms with Gasteiger partial charge in [0.2, 0.25) is 0 Å². The molecule has 8 heteroatoms. The maximum Gasteiger partial charge on any atom is 0.330 e. The van der Waals surface area contributed by atoms with Gasteiger partial charge in [0.15, 0.2) is 0 Å². The third kappa shape index (κ3) is 4.25. The fraction of sp³-hybridized carbons (Fsp3) is 0.429. The van der Waals surface area contributed by atoms with Crippen molar-refractivity contribution in [3.8, 4) is 12.3 Å². The van der Waals surface area contributed by atoms with Crippen LogP contribution in [0.4, 0.5) is 14.6 Å². The van der Waals surface area contributed by atoms with Gasteiger partial charge in [0, 0.05) is 31.2 Å². The molecule has 3 rings (SSSR count). The van der Waals surface area contributed by atoms with Crippen LogP contribution in [-0.2, 0) is 11.2 Å². The summed E-state index contributed by atoms with van der Waals surface area (Å²) in [5.74, 6) is 1.72. The van der Waals surface area contributed by atoms with Crippen molar-refractivity contribution in [1.82, 2.24) is 9.55 Å². The summed E-state index contributed by atoms with van der Waals surface area (Å²) in [6.07, 6.45) is 6.95. The van der Waals surface area contributed by atoms with E-state index in [1.54, 1.807) is 6.92 Å². The van der Waals surface area contributed by atoms with E-state index in [1.807, 2.05) is 0 Å². The van der Waals surface area contributed by atoms with Crippen molar-refractivity contribution in [2.24, 2.45) is 0 Å². The van der Waals surface area contributed by atoms with Gasteiger partial charge in [0.1, 0.15) is 17.8 Å². The molecule has 3 heterocycles. The molecule has 0 aromatic carbocycles. The van der Waals surface area contributed by atoms with Crippen LogP contribution in [-0.4, -0.2) is 35.0 Å². The highest BCUT2D eigenvalue weighted by molar-refractivity contribution is 5.52. The zero-order chi connectivity index (χ0) is 21.1. The normalized spacial score (nSPS) is 23.1. The minimum Gasteiger partial charge on any atom is -0.381 e. The SMILES string of the molecule is C#C/C(C)=C/C=C(/F)C(=C)[C@@H]1Nc2[nH]c(=O)n(C3CCOCC3)c(=O)c2C[C@@H]1F. The quantitative estimate of drug-likeness (QED) is 0.599. The van der Waals surface area contributed by atoms with E-state index in [4.69, 9.17) is 11.2 Å². The topological polar surface area (TPSA) is 76.1 Å². The first-order chi connectivity index (χ1) is 13.8. The van der Waals surface area contributed by atoms with Crippen LogP contribution >= 0.6 is 0 Å². The number of terminal acetylenes is 1. The zero-order valence-corrected chi connectivity index (χ0v) is 16.1. The van der Waals surface area contributed by atoms with Crippen molar-refractivity contribution in [3.63, 3.8) is 0 Å². The van der Waals surface area contributed by atoms with Gasteiger partial charge >= 0.3 is 5.69 Å². The minimum atomic E-state index is -1.59. The predicted molar refractivity (Wildman–Crippen MR) is 107 cm³/mol. The fourth-order valence-electron chi connectivity index (χ4n) is 3.54. The molecule has 2 aliphatic rings. The van der Waals surface area contributed by atoms with Crippen LogP contribution in [0.15, 0.2) is 45.3 Å². The Labute approximate surface area is 167 Å². The molecule has 1 fully saturated rings. The Morgan fingerprint density at radius 2 is 2.03 bits per heavy atom. The van der Waals surface area contributed by atoms with Crippen LogP contribution in [0.3, 0.4) is 0 Å². The number of fused-ring (bicyclic) bond motifs is 1. The van der Waals surface area contributed by atoms with Crippen molar-refractivity contribution < 1.29 is 13.5 Å². The van der Waals surface area contributed by atoms with Gasteiger partial charge in [0.25, 0.3) is 5.56 Å². The monoisotopic (exact) mass is 403 g/mol. The molecule has 0 saturated carbocycles. The van der Waals surface area contributed by atoms with Crippen LogP contribution in [0.5, 0.6) is 0 Å². The lowest BCUT2D eigenvalue weighted by Gasteiger charge is -2.31. The van der Waals surface area contributed by atoms with Crippen LogP contribution < -0.4 is 16.6 Å². The first kappa shape index (κ1) is 20.8. The van der Waals surface area contributed by atoms with Crippen molar-refractivity contribution >= 4 is 5.82 Å². The molecule has 154 valence electrons. The van der Waals surface area contributed by atoms with Crippen molar-refractivity contribution in [3.05, 3.63) is 62.1 Å². The van der Waals surface area contributed by atoms with Gasteiger partial charge in [-0.2, -0.15) is 0 Å². The summed E-state index contributed by atoms with van der Waals surface area (Å²) in [7, 11) is 0. The van der Waals surface area contributed by atoms with E-state index < -0.39 is 29.3 Å². The molecule has 0 unspecified atom stereocenters. The summed E-state index contributed by atoms with van der Waals surface area (Å²) < 4.78 is 35.6. The Hall–Kier alpha value is -2.92. The van der Waals surface area contributed by atoms with Gasteiger partial charge in [-0.05, 0) is 37.5 Å². The number of alkyl halides is 1. The van der Waals surface area contributed by atoms with Crippen LogP contribution in [0.1, 0.15) is 31.4 Å². The average molecular weight is 403 g/mol. The molecular weight excluding hydrogens is 380 g/mol. The van der Waals surface area contributed by atoms with E-state index in [2.05, 4.69) is 22.8 Å². The van der Waals surface area contributed by atoms with Crippen LogP contribution in [0, 0.1) is 12.3 Å². The first-order valence-corrected chi connectivity index (χ1v) is 9.39. The lowest BCUT2D eigenvalue weighted by Crippen LogP contribution is -2.47. The molecule has 1 saturated heterocycles. The molecule has 2 aliphatic heterocycles. The Balaban J connectivity index is 1.90. The van der Waals surface area contributed by atoms with Crippen molar-refractivity contribution in [1.29, 1.82) is 0 Å². The smallest absolute Gasteiger partial charge is 0.330 e. The second-order valence-corrected chi connectivity index (χ2v) is 7.18. The van der Waals surface area contributed by atoms with Gasteiger partial charge in [0.05, 0.1) is 11.6 Å². The number of ether oxygens (including phenoxy) is 1. The van der Waals surface area contributed by atoms with E-state index in [0.717, 1.165) is 10.6 Å². The van der Waals surface area contributed by atoms with E-state index in [-0.39, 0.29) is 29.4 Å². The summed E-state index contributed by atoms with van der Waals surface area (Å²) in [6, 6.07) is -1.41. The summed E-state index contributed by atoms with van der Waals surface area (Å²) >= 11 is 0. The maximum absolute atomic E-state index is 14.8. The maximum atomic E-state index is 14.8. The second-order valence-electron chi connectivity index (χ2n) is 7.18. The molecule has 0 bridgehead atoms. The molecule has 0 aliphatic carbocycles. The third-order valence-corrected chi connectivity index (χ3v) is 5.24. The number of aromatic amines is 1. The largest absolute Gasteiger partial charge is 0.381 e. The number of allylic oxidation sites excluding steroid dienone is 3. The molecule has 6 nitrogen and oxygen atoms in total. The molecule has 1 aromatic rings. The number of nitrogens with zero attached hydrogens (tertiary/aromatic N) is 1. The standard InChI is InChI=1S/C21H23F2N3O3/c1-4-12(2)5-6-16(22)13(3)18-17(23)11-15-19(24-18)25-21(28)26(20(15)27)14-7-9-29-10-8-14/h1,5-6,14,17-18,24H,3,7-11H2,2H3,(H,25,28)/b12-5+,16-6+/t17-,18-/m0/s1. The highest BCUT2D eigenvalue weighted by Gasteiger charge is 2.35. The number of rotatable bonds is 4. The lowest BCUT2D eigenvalue weighted by atomic mass is 9.93. The van der Waals surface area contributed by atoms with Crippen molar-refractivity contribution in [2.75, 3.05) is 18.5 Å². The number of hydrogen-bond acceptors (Lipinski definition) is 4. The molecule has 2 atom stereocenters. The highest BCUT2D eigenvalue weighted by Crippen LogP contribution is 2.29. The molecule has 0 spiro atoms. The zero-order valence-electron chi connectivity index (χ0n) is 16.1. The third-order valence-electron chi connectivity index (χ3n) is 5.24. The van der Waals surface area contributed by atoms with Crippen molar-refractivity contribution in [2.45, 2.75) is 44.4 Å². The number of nitrogens with one attached hydrogen (secondary N) is 2. The highest BCUT2D eigenvalue weighted by atomic mass is 19.1. The van der Waals surface area contributed by atoms with E-state index in [9.17, 15) is 18.4 Å². The molecule has 2 N–H and O–H groups in total. The second kappa shape index (κ2) is 8.62. The number of hydrogen-bond donors (Lipinski definition) is 2. The summed E-state index contributed by atoms with van der Waals surface area (Å²) in [5.41, 5.74) is -0.597. The molecule has 1 aromatic heterocycles. The Morgan fingerprint density at radius 1 is 1.34 bits per heavy atom. The molecule has 0 amide bonds. The molecule has 29 heavy (non-hydrogen) atoms. The van der Waals surface area contributed by atoms with E-state index in [1.165, 1.54) is 6.08 Å². The molecule has 0 radical (unpaired) electrons. The number of halogens is 2. The Morgan fingerprint density at radius 3 is 2.69 bits per heavy atom. The van der Waals surface area contributed by atoms with Gasteiger partial charge in [-0.1, -0.05) is 12.5 Å². The minimum absolute atomic E-state index is 0.103. The predicted octanol–water partition coefficient (Wildman–Crippen LogP) is 2.55. The summed E-state index contributed by atoms with van der Waals surface area (Å²) in [5, 5.41) is 2.73. The van der Waals surface area contributed by atoms with Gasteiger partial charge in [-0.3, -0.25) is 14.3 Å². The Kier molecular flexibility index (Phi) is 6.18. The van der Waals surface area contributed by atoms with Gasteiger partial charge in [-0.25, -0.2) is 13.6 Å². The summed E-state index contributed by atoms with van der Waals surface area (Å²) in [6.45, 7) is 6.17. The van der Waals surface area contributed by atoms with E-state index >= 15 is 0 Å². The first-order valence-electron chi connectivity index (χ1n) is 9.39. The van der Waals surface area contributed by atoms with Gasteiger partial charge < -0.3 is 10.1 Å². The summed E-state index contributed by atoms with van der Waals surface area (Å²) in [4.78, 5) is 28.0. The average Bonchev–Trinajstić information content (AvgIpc) is 2.72. The van der Waals surface area contributed by atoms with Crippen LogP contribution in [0.2, 0.25) is 0 Å². The van der Waals surface area contributed by atoms with E-state index in [0.29, 0.717) is 31.6 Å².